The molecule has 0 bridgehead atoms. The molecule has 0 radical (unpaired) electrons. The van der Waals surface area contributed by atoms with Crippen molar-refractivity contribution in [1.29, 1.82) is 0 Å². The van der Waals surface area contributed by atoms with Gasteiger partial charge in [0.2, 0.25) is 0 Å². The Morgan fingerprint density at radius 1 is 1.22 bits per heavy atom. The standard InChI is InChI=1S/C15H21BrN2/c1-11-12(16)5-4-6-13(11)17-14-8-10-18-9-3-2-7-15(14)18/h4-6,14-15,17H,2-3,7-10H2,1H3. The van der Waals surface area contributed by atoms with Crippen molar-refractivity contribution in [2.75, 3.05) is 18.4 Å². The Balaban J connectivity index is 1.74. The van der Waals surface area contributed by atoms with Gasteiger partial charge in [0.1, 0.15) is 0 Å². The van der Waals surface area contributed by atoms with Crippen molar-refractivity contribution in [1.82, 2.24) is 4.90 Å². The molecule has 3 heteroatoms. The molecule has 0 spiro atoms. The highest BCUT2D eigenvalue weighted by Crippen LogP contribution is 2.31. The SMILES string of the molecule is Cc1c(Br)cccc1NC1CCN2CCCCC12. The molecule has 2 aliphatic heterocycles. The van der Waals surface area contributed by atoms with Gasteiger partial charge in [-0.15, -0.1) is 0 Å². The van der Waals surface area contributed by atoms with Crippen LogP contribution in [0.25, 0.3) is 0 Å². The highest BCUT2D eigenvalue weighted by atomic mass is 79.9. The number of benzene rings is 1. The average Bonchev–Trinajstić information content (AvgIpc) is 2.79. The summed E-state index contributed by atoms with van der Waals surface area (Å²) in [6.07, 6.45) is 5.44. The summed E-state index contributed by atoms with van der Waals surface area (Å²) in [6, 6.07) is 7.83. The molecular formula is C15H21BrN2. The van der Waals surface area contributed by atoms with E-state index < -0.39 is 0 Å². The summed E-state index contributed by atoms with van der Waals surface area (Å²) in [6.45, 7) is 4.76. The van der Waals surface area contributed by atoms with E-state index in [1.54, 1.807) is 0 Å². The second kappa shape index (κ2) is 5.22. The third kappa shape index (κ3) is 2.30. The Hall–Kier alpha value is -0.540. The van der Waals surface area contributed by atoms with Gasteiger partial charge in [-0.05, 0) is 50.4 Å². The van der Waals surface area contributed by atoms with E-state index in [9.17, 15) is 0 Å². The maximum Gasteiger partial charge on any atom is 0.0429 e. The molecule has 0 aromatic heterocycles. The van der Waals surface area contributed by atoms with Crippen LogP contribution in [0.4, 0.5) is 5.69 Å². The molecule has 0 aliphatic carbocycles. The predicted molar refractivity (Wildman–Crippen MR) is 80.1 cm³/mol. The number of rotatable bonds is 2. The van der Waals surface area contributed by atoms with Crippen LogP contribution in [-0.2, 0) is 0 Å². The number of nitrogens with zero attached hydrogens (tertiary/aromatic N) is 1. The third-order valence-corrected chi connectivity index (χ3v) is 5.32. The molecule has 2 saturated heterocycles. The fourth-order valence-electron chi connectivity index (χ4n) is 3.38. The first-order valence-electron chi connectivity index (χ1n) is 7.01. The quantitative estimate of drug-likeness (QED) is 0.894. The van der Waals surface area contributed by atoms with Crippen molar-refractivity contribution in [2.24, 2.45) is 0 Å². The van der Waals surface area contributed by atoms with Crippen LogP contribution in [0.1, 0.15) is 31.2 Å². The minimum absolute atomic E-state index is 0.637. The van der Waals surface area contributed by atoms with Crippen molar-refractivity contribution >= 4 is 21.6 Å². The van der Waals surface area contributed by atoms with Gasteiger partial charge in [-0.1, -0.05) is 28.4 Å². The summed E-state index contributed by atoms with van der Waals surface area (Å²) < 4.78 is 1.20. The smallest absolute Gasteiger partial charge is 0.0429 e. The molecule has 2 heterocycles. The topological polar surface area (TPSA) is 15.3 Å². The lowest BCUT2D eigenvalue weighted by Gasteiger charge is -2.33. The summed E-state index contributed by atoms with van der Waals surface area (Å²) in [4.78, 5) is 2.68. The largest absolute Gasteiger partial charge is 0.380 e. The fraction of sp³-hybridized carbons (Fsp3) is 0.600. The number of halogens is 1. The summed E-state index contributed by atoms with van der Waals surface area (Å²) in [7, 11) is 0. The molecule has 2 atom stereocenters. The van der Waals surface area contributed by atoms with Crippen LogP contribution < -0.4 is 5.32 Å². The normalized spacial score (nSPS) is 28.1. The lowest BCUT2D eigenvalue weighted by atomic mass is 9.98. The van der Waals surface area contributed by atoms with E-state index in [0.717, 1.165) is 6.04 Å². The summed E-state index contributed by atoms with van der Waals surface area (Å²) in [5, 5.41) is 3.78. The number of nitrogens with one attached hydrogen (secondary N) is 1. The Morgan fingerprint density at radius 3 is 3.00 bits per heavy atom. The first kappa shape index (κ1) is 12.5. The van der Waals surface area contributed by atoms with E-state index >= 15 is 0 Å². The van der Waals surface area contributed by atoms with E-state index in [1.165, 1.54) is 54.5 Å². The Labute approximate surface area is 118 Å². The minimum Gasteiger partial charge on any atom is -0.380 e. The van der Waals surface area contributed by atoms with Crippen molar-refractivity contribution < 1.29 is 0 Å². The number of hydrogen-bond donors (Lipinski definition) is 1. The summed E-state index contributed by atoms with van der Waals surface area (Å²) in [5.74, 6) is 0. The molecule has 98 valence electrons. The Bertz CT molecular complexity index is 433. The fourth-order valence-corrected chi connectivity index (χ4v) is 3.75. The van der Waals surface area contributed by atoms with Crippen molar-refractivity contribution in [2.45, 2.75) is 44.7 Å². The van der Waals surface area contributed by atoms with Gasteiger partial charge in [0.05, 0.1) is 0 Å². The first-order valence-corrected chi connectivity index (χ1v) is 7.81. The highest BCUT2D eigenvalue weighted by Gasteiger charge is 2.35. The Morgan fingerprint density at radius 2 is 2.11 bits per heavy atom. The van der Waals surface area contributed by atoms with Crippen LogP contribution in [0.3, 0.4) is 0 Å². The number of piperidine rings is 1. The van der Waals surface area contributed by atoms with Gasteiger partial charge in [-0.2, -0.15) is 0 Å². The number of fused-ring (bicyclic) bond motifs is 1. The zero-order valence-corrected chi connectivity index (χ0v) is 12.5. The lowest BCUT2D eigenvalue weighted by molar-refractivity contribution is 0.193. The molecule has 0 amide bonds. The van der Waals surface area contributed by atoms with E-state index in [1.807, 2.05) is 0 Å². The van der Waals surface area contributed by atoms with Gasteiger partial charge in [0, 0.05) is 28.8 Å². The van der Waals surface area contributed by atoms with Crippen LogP contribution in [0.5, 0.6) is 0 Å². The molecule has 1 aromatic rings. The Kier molecular flexibility index (Phi) is 3.62. The van der Waals surface area contributed by atoms with Gasteiger partial charge in [0.25, 0.3) is 0 Å². The van der Waals surface area contributed by atoms with E-state index in [2.05, 4.69) is 51.3 Å². The highest BCUT2D eigenvalue weighted by molar-refractivity contribution is 9.10. The zero-order valence-electron chi connectivity index (χ0n) is 11.0. The molecule has 1 N–H and O–H groups in total. The van der Waals surface area contributed by atoms with E-state index in [0.29, 0.717) is 6.04 Å². The molecule has 2 unspecified atom stereocenters. The van der Waals surface area contributed by atoms with E-state index in [-0.39, 0.29) is 0 Å². The van der Waals surface area contributed by atoms with Gasteiger partial charge in [0.15, 0.2) is 0 Å². The average molecular weight is 309 g/mol. The third-order valence-electron chi connectivity index (χ3n) is 4.46. The zero-order chi connectivity index (χ0) is 12.5. The lowest BCUT2D eigenvalue weighted by Crippen LogP contribution is -2.41. The van der Waals surface area contributed by atoms with Gasteiger partial charge in [-0.3, -0.25) is 4.90 Å². The van der Waals surface area contributed by atoms with Gasteiger partial charge >= 0.3 is 0 Å². The molecular weight excluding hydrogens is 288 g/mol. The number of anilines is 1. The van der Waals surface area contributed by atoms with Gasteiger partial charge in [-0.25, -0.2) is 0 Å². The van der Waals surface area contributed by atoms with Crippen LogP contribution in [0, 0.1) is 6.92 Å². The minimum atomic E-state index is 0.637. The molecule has 3 rings (SSSR count). The van der Waals surface area contributed by atoms with Crippen LogP contribution in [0.15, 0.2) is 22.7 Å². The van der Waals surface area contributed by atoms with Crippen LogP contribution >= 0.6 is 15.9 Å². The van der Waals surface area contributed by atoms with Crippen LogP contribution in [0.2, 0.25) is 0 Å². The monoisotopic (exact) mass is 308 g/mol. The van der Waals surface area contributed by atoms with Gasteiger partial charge < -0.3 is 5.32 Å². The maximum absolute atomic E-state index is 3.78. The molecule has 1 aromatic carbocycles. The second-order valence-electron chi connectivity index (χ2n) is 5.55. The van der Waals surface area contributed by atoms with Crippen molar-refractivity contribution in [3.63, 3.8) is 0 Å². The molecule has 2 nitrogen and oxygen atoms in total. The summed E-state index contributed by atoms with van der Waals surface area (Å²) >= 11 is 3.61. The first-order chi connectivity index (χ1) is 8.75. The van der Waals surface area contributed by atoms with E-state index in [4.69, 9.17) is 0 Å². The maximum atomic E-state index is 3.78. The number of hydrogen-bond acceptors (Lipinski definition) is 2. The summed E-state index contributed by atoms with van der Waals surface area (Å²) in [5.41, 5.74) is 2.62. The predicted octanol–water partition coefficient (Wildman–Crippen LogP) is 3.80. The molecule has 2 fully saturated rings. The molecule has 18 heavy (non-hydrogen) atoms. The van der Waals surface area contributed by atoms with Crippen molar-refractivity contribution in [3.05, 3.63) is 28.2 Å². The van der Waals surface area contributed by atoms with Crippen LogP contribution in [-0.4, -0.2) is 30.1 Å². The molecule has 2 aliphatic rings. The molecule has 0 saturated carbocycles. The second-order valence-corrected chi connectivity index (χ2v) is 6.41. The van der Waals surface area contributed by atoms with Crippen molar-refractivity contribution in [3.8, 4) is 0 Å².